The van der Waals surface area contributed by atoms with Crippen LogP contribution in [0.25, 0.3) is 0 Å². The molecule has 1 atom stereocenters. The SMILES string of the molecule is COc1ccc(C(=O)CC2=CC=CC(CC(=O)c3ccccc3)N2C)cc1. The van der Waals surface area contributed by atoms with Crippen LogP contribution < -0.4 is 4.74 Å². The highest BCUT2D eigenvalue weighted by Crippen LogP contribution is 2.23. The molecule has 1 unspecified atom stereocenters. The van der Waals surface area contributed by atoms with E-state index in [0.29, 0.717) is 24.0 Å². The first kappa shape index (κ1) is 18.6. The van der Waals surface area contributed by atoms with Crippen LogP contribution in [0, 0.1) is 0 Å². The molecule has 4 nitrogen and oxygen atoms in total. The first-order valence-electron chi connectivity index (χ1n) is 8.94. The van der Waals surface area contributed by atoms with Crippen LogP contribution in [0.1, 0.15) is 33.6 Å². The number of ether oxygens (including phenoxy) is 1. The number of ketones is 2. The van der Waals surface area contributed by atoms with E-state index in [-0.39, 0.29) is 17.6 Å². The Bertz CT molecular complexity index is 866. The molecular weight excluding hydrogens is 338 g/mol. The maximum absolute atomic E-state index is 12.6. The molecule has 4 heteroatoms. The van der Waals surface area contributed by atoms with Crippen LogP contribution >= 0.6 is 0 Å². The van der Waals surface area contributed by atoms with Crippen molar-refractivity contribution in [3.8, 4) is 5.75 Å². The van der Waals surface area contributed by atoms with Gasteiger partial charge in [0.05, 0.1) is 19.6 Å². The maximum Gasteiger partial charge on any atom is 0.168 e. The third kappa shape index (κ3) is 4.53. The van der Waals surface area contributed by atoms with Crippen molar-refractivity contribution in [1.82, 2.24) is 4.90 Å². The van der Waals surface area contributed by atoms with Crippen LogP contribution in [0.2, 0.25) is 0 Å². The molecule has 0 amide bonds. The van der Waals surface area contributed by atoms with E-state index in [0.717, 1.165) is 11.4 Å². The van der Waals surface area contributed by atoms with Gasteiger partial charge in [0, 0.05) is 30.3 Å². The molecule has 1 aliphatic rings. The molecule has 0 fully saturated rings. The fourth-order valence-electron chi connectivity index (χ4n) is 3.12. The molecule has 2 aromatic carbocycles. The molecule has 0 saturated carbocycles. The van der Waals surface area contributed by atoms with E-state index < -0.39 is 0 Å². The first-order valence-corrected chi connectivity index (χ1v) is 8.94. The maximum atomic E-state index is 12.6. The fourth-order valence-corrected chi connectivity index (χ4v) is 3.12. The largest absolute Gasteiger partial charge is 0.497 e. The molecule has 0 aliphatic carbocycles. The molecule has 0 N–H and O–H groups in total. The van der Waals surface area contributed by atoms with Crippen molar-refractivity contribution in [1.29, 1.82) is 0 Å². The molecule has 0 radical (unpaired) electrons. The number of Topliss-reactive ketones (excluding diaryl/α,β-unsaturated/α-hetero) is 2. The summed E-state index contributed by atoms with van der Waals surface area (Å²) >= 11 is 0. The summed E-state index contributed by atoms with van der Waals surface area (Å²) in [5, 5.41) is 0. The van der Waals surface area contributed by atoms with Gasteiger partial charge in [-0.2, -0.15) is 0 Å². The predicted molar refractivity (Wildman–Crippen MR) is 106 cm³/mol. The van der Waals surface area contributed by atoms with Gasteiger partial charge in [0.25, 0.3) is 0 Å². The Kier molecular flexibility index (Phi) is 5.87. The second-order valence-electron chi connectivity index (χ2n) is 6.54. The smallest absolute Gasteiger partial charge is 0.168 e. The number of nitrogens with zero attached hydrogens (tertiary/aromatic N) is 1. The molecule has 0 bridgehead atoms. The van der Waals surface area contributed by atoms with Gasteiger partial charge in [0.1, 0.15) is 5.75 Å². The van der Waals surface area contributed by atoms with Crippen LogP contribution in [-0.4, -0.2) is 36.7 Å². The van der Waals surface area contributed by atoms with E-state index in [1.54, 1.807) is 31.4 Å². The third-order valence-corrected chi connectivity index (χ3v) is 4.82. The standard InChI is InChI=1S/C23H23NO3/c1-24-19(15-22(25)17-7-4-3-5-8-17)9-6-10-20(24)16-23(26)18-11-13-21(27-2)14-12-18/h3-14,19H,15-16H2,1-2H3. The van der Waals surface area contributed by atoms with Gasteiger partial charge in [-0.05, 0) is 30.3 Å². The van der Waals surface area contributed by atoms with Crippen molar-refractivity contribution in [3.05, 3.63) is 89.6 Å². The number of rotatable bonds is 7. The van der Waals surface area contributed by atoms with Gasteiger partial charge in [-0.1, -0.05) is 42.5 Å². The summed E-state index contributed by atoms with van der Waals surface area (Å²) in [6.07, 6.45) is 6.54. The summed E-state index contributed by atoms with van der Waals surface area (Å²) in [7, 11) is 3.53. The summed E-state index contributed by atoms with van der Waals surface area (Å²) in [6.45, 7) is 0. The molecule has 0 aromatic heterocycles. The monoisotopic (exact) mass is 361 g/mol. The number of allylic oxidation sites excluding steroid dienone is 3. The Balaban J connectivity index is 1.65. The Morgan fingerprint density at radius 2 is 1.63 bits per heavy atom. The lowest BCUT2D eigenvalue weighted by Crippen LogP contribution is -2.34. The molecule has 138 valence electrons. The lowest BCUT2D eigenvalue weighted by molar-refractivity contribution is 0.0954. The number of carbonyl (C=O) groups is 2. The van der Waals surface area contributed by atoms with Crippen molar-refractivity contribution < 1.29 is 14.3 Å². The van der Waals surface area contributed by atoms with Gasteiger partial charge in [0.2, 0.25) is 0 Å². The average molecular weight is 361 g/mol. The normalized spacial score (nSPS) is 16.0. The van der Waals surface area contributed by atoms with Crippen molar-refractivity contribution in [2.75, 3.05) is 14.2 Å². The highest BCUT2D eigenvalue weighted by molar-refractivity contribution is 5.98. The molecule has 3 rings (SSSR count). The zero-order valence-corrected chi connectivity index (χ0v) is 15.6. The van der Waals surface area contributed by atoms with Gasteiger partial charge >= 0.3 is 0 Å². The molecule has 27 heavy (non-hydrogen) atoms. The Hall–Kier alpha value is -3.14. The molecular formula is C23H23NO3. The van der Waals surface area contributed by atoms with Crippen LogP contribution in [0.15, 0.2) is 78.5 Å². The first-order chi connectivity index (χ1) is 13.1. The molecule has 1 heterocycles. The third-order valence-electron chi connectivity index (χ3n) is 4.82. The van der Waals surface area contributed by atoms with Crippen LogP contribution in [0.5, 0.6) is 5.75 Å². The van der Waals surface area contributed by atoms with Gasteiger partial charge < -0.3 is 9.64 Å². The Morgan fingerprint density at radius 3 is 2.30 bits per heavy atom. The van der Waals surface area contributed by atoms with Crippen LogP contribution in [-0.2, 0) is 0 Å². The second kappa shape index (κ2) is 8.49. The summed E-state index contributed by atoms with van der Waals surface area (Å²) in [6, 6.07) is 16.4. The zero-order valence-electron chi connectivity index (χ0n) is 15.6. The van der Waals surface area contributed by atoms with E-state index >= 15 is 0 Å². The van der Waals surface area contributed by atoms with Crippen LogP contribution in [0.3, 0.4) is 0 Å². The minimum atomic E-state index is -0.0543. The molecule has 0 saturated heterocycles. The summed E-state index contributed by atoms with van der Waals surface area (Å²) < 4.78 is 5.13. The molecule has 1 aliphatic heterocycles. The highest BCUT2D eigenvalue weighted by Gasteiger charge is 2.22. The lowest BCUT2D eigenvalue weighted by Gasteiger charge is -2.32. The van der Waals surface area contributed by atoms with E-state index in [1.807, 2.05) is 60.5 Å². The topological polar surface area (TPSA) is 46.6 Å². The summed E-state index contributed by atoms with van der Waals surface area (Å²) in [5.74, 6) is 0.863. The van der Waals surface area contributed by atoms with E-state index in [1.165, 1.54) is 0 Å². The zero-order chi connectivity index (χ0) is 19.2. The van der Waals surface area contributed by atoms with Gasteiger partial charge in [0.15, 0.2) is 11.6 Å². The van der Waals surface area contributed by atoms with Crippen molar-refractivity contribution >= 4 is 11.6 Å². The molecule has 0 spiro atoms. The van der Waals surface area contributed by atoms with Gasteiger partial charge in [-0.25, -0.2) is 0 Å². The van der Waals surface area contributed by atoms with Gasteiger partial charge in [-0.15, -0.1) is 0 Å². The lowest BCUT2D eigenvalue weighted by atomic mass is 9.98. The number of methoxy groups -OCH3 is 1. The highest BCUT2D eigenvalue weighted by atomic mass is 16.5. The Morgan fingerprint density at radius 1 is 0.963 bits per heavy atom. The summed E-state index contributed by atoms with van der Waals surface area (Å²) in [5.41, 5.74) is 2.27. The van der Waals surface area contributed by atoms with E-state index in [4.69, 9.17) is 4.74 Å². The summed E-state index contributed by atoms with van der Waals surface area (Å²) in [4.78, 5) is 27.1. The number of benzene rings is 2. The second-order valence-corrected chi connectivity index (χ2v) is 6.54. The fraction of sp³-hybridized carbons (Fsp3) is 0.217. The predicted octanol–water partition coefficient (Wildman–Crippen LogP) is 4.30. The van der Waals surface area contributed by atoms with Crippen molar-refractivity contribution in [3.63, 3.8) is 0 Å². The Labute approximate surface area is 159 Å². The quantitative estimate of drug-likeness (QED) is 0.690. The number of likely N-dealkylation sites (N-methyl/N-ethyl adjacent to an activating group) is 1. The minimum Gasteiger partial charge on any atom is -0.497 e. The van der Waals surface area contributed by atoms with Crippen LogP contribution in [0.4, 0.5) is 0 Å². The van der Waals surface area contributed by atoms with E-state index in [2.05, 4.69) is 0 Å². The number of hydrogen-bond donors (Lipinski definition) is 0. The number of carbonyl (C=O) groups excluding carboxylic acids is 2. The average Bonchev–Trinajstić information content (AvgIpc) is 2.71. The van der Waals surface area contributed by atoms with Crippen molar-refractivity contribution in [2.45, 2.75) is 18.9 Å². The van der Waals surface area contributed by atoms with Gasteiger partial charge in [-0.3, -0.25) is 9.59 Å². The molecule has 2 aromatic rings. The van der Waals surface area contributed by atoms with Crippen molar-refractivity contribution in [2.24, 2.45) is 0 Å². The number of hydrogen-bond acceptors (Lipinski definition) is 4. The minimum absolute atomic E-state index is 0.0409. The van der Waals surface area contributed by atoms with E-state index in [9.17, 15) is 9.59 Å².